The van der Waals surface area contributed by atoms with Crippen LogP contribution in [0.4, 0.5) is 0 Å². The Labute approximate surface area is 91.7 Å². The van der Waals surface area contributed by atoms with Crippen LogP contribution in [0.15, 0.2) is 45.6 Å². The van der Waals surface area contributed by atoms with Gasteiger partial charge < -0.3 is 14.3 Å². The van der Waals surface area contributed by atoms with Crippen molar-refractivity contribution >= 4 is 0 Å². The maximum Gasteiger partial charge on any atom is 0.336 e. The third kappa shape index (κ3) is 1.91. The summed E-state index contributed by atoms with van der Waals surface area (Å²) in [7, 11) is 1.53. The van der Waals surface area contributed by atoms with E-state index in [4.69, 9.17) is 9.15 Å². The van der Waals surface area contributed by atoms with E-state index in [2.05, 4.69) is 0 Å². The summed E-state index contributed by atoms with van der Waals surface area (Å²) in [4.78, 5) is 11.0. The van der Waals surface area contributed by atoms with E-state index >= 15 is 0 Å². The molecule has 0 amide bonds. The molecule has 1 N–H and O–H groups in total. The molecule has 0 bridgehead atoms. The second kappa shape index (κ2) is 4.10. The predicted octanol–water partition coefficient (Wildman–Crippen LogP) is 2.02. The van der Waals surface area contributed by atoms with Gasteiger partial charge in [0.1, 0.15) is 17.3 Å². The third-order valence-electron chi connectivity index (χ3n) is 2.16. The Morgan fingerprint density at radius 1 is 1.25 bits per heavy atom. The molecule has 0 atom stereocenters. The van der Waals surface area contributed by atoms with E-state index in [0.29, 0.717) is 17.1 Å². The maximum absolute atomic E-state index is 11.0. The zero-order valence-electron chi connectivity index (χ0n) is 8.64. The lowest BCUT2D eigenvalue weighted by Gasteiger charge is -2.05. The van der Waals surface area contributed by atoms with Crippen LogP contribution in [0.1, 0.15) is 0 Å². The summed E-state index contributed by atoms with van der Waals surface area (Å²) in [5.74, 6) is 0.929. The van der Waals surface area contributed by atoms with E-state index in [-0.39, 0.29) is 5.75 Å². The van der Waals surface area contributed by atoms with Crippen LogP contribution >= 0.6 is 0 Å². The highest BCUT2D eigenvalue weighted by molar-refractivity contribution is 5.66. The normalized spacial score (nSPS) is 10.1. The van der Waals surface area contributed by atoms with Crippen LogP contribution in [0.2, 0.25) is 0 Å². The van der Waals surface area contributed by atoms with Crippen molar-refractivity contribution in [2.75, 3.05) is 7.11 Å². The van der Waals surface area contributed by atoms with Gasteiger partial charge in [-0.3, -0.25) is 0 Å². The van der Waals surface area contributed by atoms with E-state index in [1.54, 1.807) is 24.3 Å². The number of benzene rings is 1. The summed E-state index contributed by atoms with van der Waals surface area (Å²) in [5.41, 5.74) is -0.0308. The second-order valence-electron chi connectivity index (χ2n) is 3.19. The summed E-state index contributed by atoms with van der Waals surface area (Å²) < 4.78 is 10.0. The van der Waals surface area contributed by atoms with Crippen LogP contribution in [0.3, 0.4) is 0 Å². The van der Waals surface area contributed by atoms with Crippen molar-refractivity contribution in [2.24, 2.45) is 0 Å². The first-order valence-corrected chi connectivity index (χ1v) is 4.68. The van der Waals surface area contributed by atoms with Gasteiger partial charge in [-0.15, -0.1) is 0 Å². The molecule has 1 heterocycles. The third-order valence-corrected chi connectivity index (χ3v) is 2.16. The number of ether oxygens (including phenoxy) is 1. The molecule has 0 saturated carbocycles. The molecular weight excluding hydrogens is 208 g/mol. The molecule has 0 radical (unpaired) electrons. The Balaban J connectivity index is 2.58. The molecule has 1 aromatic heterocycles. The highest BCUT2D eigenvalue weighted by Crippen LogP contribution is 2.31. The van der Waals surface area contributed by atoms with Crippen molar-refractivity contribution in [3.8, 4) is 22.8 Å². The number of phenols is 1. The van der Waals surface area contributed by atoms with Gasteiger partial charge in [0, 0.05) is 6.07 Å². The number of rotatable bonds is 2. The summed E-state index contributed by atoms with van der Waals surface area (Å²) in [5, 5.41) is 9.66. The molecule has 4 heteroatoms. The number of methoxy groups -OCH3 is 1. The lowest BCUT2D eigenvalue weighted by molar-refractivity contribution is 0.412. The van der Waals surface area contributed by atoms with Crippen molar-refractivity contribution in [3.05, 3.63) is 46.8 Å². The monoisotopic (exact) mass is 218 g/mol. The highest BCUT2D eigenvalue weighted by Gasteiger charge is 2.08. The summed E-state index contributed by atoms with van der Waals surface area (Å²) in [6.45, 7) is 0. The smallest absolute Gasteiger partial charge is 0.336 e. The topological polar surface area (TPSA) is 59.7 Å². The number of aromatic hydroxyl groups is 1. The van der Waals surface area contributed by atoms with Gasteiger partial charge in [-0.25, -0.2) is 4.79 Å². The second-order valence-corrected chi connectivity index (χ2v) is 3.19. The first-order chi connectivity index (χ1) is 7.70. The molecule has 0 aliphatic heterocycles. The molecule has 82 valence electrons. The maximum atomic E-state index is 11.0. The van der Waals surface area contributed by atoms with Crippen molar-refractivity contribution < 1.29 is 14.3 Å². The average Bonchev–Trinajstić information content (AvgIpc) is 2.30. The van der Waals surface area contributed by atoms with Crippen LogP contribution < -0.4 is 10.4 Å². The van der Waals surface area contributed by atoms with E-state index < -0.39 is 5.63 Å². The van der Waals surface area contributed by atoms with Crippen molar-refractivity contribution in [2.45, 2.75) is 0 Å². The molecule has 2 aromatic rings. The lowest BCUT2D eigenvalue weighted by Crippen LogP contribution is -1.95. The molecule has 4 nitrogen and oxygen atoms in total. The average molecular weight is 218 g/mol. The zero-order valence-corrected chi connectivity index (χ0v) is 8.64. The minimum Gasteiger partial charge on any atom is -0.507 e. The van der Waals surface area contributed by atoms with Gasteiger partial charge in [-0.2, -0.15) is 0 Å². The molecule has 0 saturated heterocycles. The largest absolute Gasteiger partial charge is 0.507 e. The van der Waals surface area contributed by atoms with E-state index in [0.717, 1.165) is 0 Å². The van der Waals surface area contributed by atoms with Crippen LogP contribution in [0.5, 0.6) is 11.5 Å². The van der Waals surface area contributed by atoms with Crippen LogP contribution in [-0.4, -0.2) is 12.2 Å². The Hall–Kier alpha value is -2.23. The molecule has 16 heavy (non-hydrogen) atoms. The first-order valence-electron chi connectivity index (χ1n) is 4.68. The summed E-state index contributed by atoms with van der Waals surface area (Å²) >= 11 is 0. The molecular formula is C12H10O4. The Bertz CT molecular complexity index is 557. The van der Waals surface area contributed by atoms with Crippen molar-refractivity contribution in [1.29, 1.82) is 0 Å². The van der Waals surface area contributed by atoms with Gasteiger partial charge in [-0.05, 0) is 24.3 Å². The summed E-state index contributed by atoms with van der Waals surface area (Å²) in [6.07, 6.45) is 0. The fourth-order valence-corrected chi connectivity index (χ4v) is 1.37. The molecule has 0 aliphatic carbocycles. The fourth-order valence-electron chi connectivity index (χ4n) is 1.37. The summed E-state index contributed by atoms with van der Waals surface area (Å²) in [6, 6.07) is 9.20. The number of hydrogen-bond acceptors (Lipinski definition) is 4. The Kier molecular flexibility index (Phi) is 2.64. The lowest BCUT2D eigenvalue weighted by atomic mass is 10.1. The molecule has 0 aliphatic rings. The van der Waals surface area contributed by atoms with Gasteiger partial charge in [0.05, 0.1) is 12.7 Å². The molecule has 1 aromatic carbocycles. The predicted molar refractivity (Wildman–Crippen MR) is 58.6 cm³/mol. The van der Waals surface area contributed by atoms with Gasteiger partial charge in [0.25, 0.3) is 0 Å². The van der Waals surface area contributed by atoms with E-state index in [1.807, 2.05) is 0 Å². The molecule has 0 spiro atoms. The zero-order chi connectivity index (χ0) is 11.5. The molecule has 0 fully saturated rings. The standard InChI is InChI=1S/C12H10O4/c1-15-8-5-6-10(13)9(7-8)11-3-2-4-12(14)16-11/h2-7,13H,1H3. The Morgan fingerprint density at radius 2 is 2.06 bits per heavy atom. The van der Waals surface area contributed by atoms with E-state index in [9.17, 15) is 9.90 Å². The van der Waals surface area contributed by atoms with Gasteiger partial charge in [0.2, 0.25) is 0 Å². The van der Waals surface area contributed by atoms with Crippen LogP contribution in [-0.2, 0) is 0 Å². The molecule has 0 unspecified atom stereocenters. The van der Waals surface area contributed by atoms with Crippen LogP contribution in [0.25, 0.3) is 11.3 Å². The number of hydrogen-bond donors (Lipinski definition) is 1. The van der Waals surface area contributed by atoms with Crippen LogP contribution in [0, 0.1) is 0 Å². The molecule has 2 rings (SSSR count). The van der Waals surface area contributed by atoms with Gasteiger partial charge in [0.15, 0.2) is 0 Å². The van der Waals surface area contributed by atoms with E-state index in [1.165, 1.54) is 19.2 Å². The Morgan fingerprint density at radius 3 is 2.75 bits per heavy atom. The first kappa shape index (κ1) is 10.3. The quantitative estimate of drug-likeness (QED) is 0.837. The van der Waals surface area contributed by atoms with Crippen molar-refractivity contribution in [3.63, 3.8) is 0 Å². The fraction of sp³-hybridized carbons (Fsp3) is 0.0833. The minimum atomic E-state index is -0.459. The highest BCUT2D eigenvalue weighted by atomic mass is 16.5. The van der Waals surface area contributed by atoms with Gasteiger partial charge in [-0.1, -0.05) is 6.07 Å². The number of phenolic OH excluding ortho intramolecular Hbond substituents is 1. The van der Waals surface area contributed by atoms with Crippen molar-refractivity contribution in [1.82, 2.24) is 0 Å². The van der Waals surface area contributed by atoms with Gasteiger partial charge >= 0.3 is 5.63 Å². The minimum absolute atomic E-state index is 0.0372. The SMILES string of the molecule is COc1ccc(O)c(-c2cccc(=O)o2)c1.